The number of rotatable bonds is 16. The van der Waals surface area contributed by atoms with Gasteiger partial charge in [-0.15, -0.1) is 0 Å². The van der Waals surface area contributed by atoms with Crippen LogP contribution in [0.1, 0.15) is 131 Å². The number of aliphatic hydroxyl groups excluding tert-OH is 1. The third-order valence-corrected chi connectivity index (χ3v) is 11.5. The zero-order valence-corrected chi connectivity index (χ0v) is 32.9. The van der Waals surface area contributed by atoms with Gasteiger partial charge in [-0.1, -0.05) is 65.0 Å². The molecule has 6 aliphatic rings. The average Bonchev–Trinajstić information content (AvgIpc) is 3.89. The number of unbranched alkanes of at least 4 members (excludes halogenated alkanes) is 7. The molecule has 9 heteroatoms. The van der Waals surface area contributed by atoms with Crippen LogP contribution in [0.5, 0.6) is 0 Å². The Labute approximate surface area is 320 Å². The highest BCUT2D eigenvalue weighted by atomic mass is 16.5. The second-order valence-electron chi connectivity index (χ2n) is 15.3. The van der Waals surface area contributed by atoms with Gasteiger partial charge in [0, 0.05) is 59.2 Å². The Morgan fingerprint density at radius 1 is 0.870 bits per heavy atom. The van der Waals surface area contributed by atoms with Gasteiger partial charge in [0.15, 0.2) is 5.76 Å². The van der Waals surface area contributed by atoms with Crippen LogP contribution in [0, 0.1) is 11.8 Å². The minimum absolute atomic E-state index is 0.0169. The second-order valence-corrected chi connectivity index (χ2v) is 15.3. The highest BCUT2D eigenvalue weighted by molar-refractivity contribution is 6.21. The monoisotopic (exact) mass is 732 g/mol. The number of ether oxygens (including phenoxy) is 1. The fourth-order valence-electron chi connectivity index (χ4n) is 8.27. The quantitative estimate of drug-likeness (QED) is 0.0822. The van der Waals surface area contributed by atoms with E-state index in [1.54, 1.807) is 0 Å². The number of carbonyl (C=O) groups is 2. The normalized spacial score (nSPS) is 22.0. The van der Waals surface area contributed by atoms with Gasteiger partial charge in [-0.25, -0.2) is 15.0 Å². The molecule has 0 aromatic heterocycles. The van der Waals surface area contributed by atoms with E-state index in [1.807, 2.05) is 32.1 Å². The fourth-order valence-corrected chi connectivity index (χ4v) is 8.27. The molecule has 0 saturated carbocycles. The summed E-state index contributed by atoms with van der Waals surface area (Å²) in [5, 5.41) is 24.6. The van der Waals surface area contributed by atoms with Gasteiger partial charge in [-0.3, -0.25) is 9.59 Å². The minimum Gasteiger partial charge on any atom is -0.511 e. The number of carboxylic acid groups (broad SMARTS) is 1. The van der Waals surface area contributed by atoms with Gasteiger partial charge in [0.2, 0.25) is 0 Å². The summed E-state index contributed by atoms with van der Waals surface area (Å²) in [5.74, 6) is -0.590. The van der Waals surface area contributed by atoms with Crippen molar-refractivity contribution in [3.8, 4) is 0 Å². The average molecular weight is 733 g/mol. The first-order valence-corrected chi connectivity index (χ1v) is 20.1. The molecule has 6 rings (SSSR count). The van der Waals surface area contributed by atoms with E-state index in [9.17, 15) is 19.8 Å². The maximum atomic E-state index is 13.3. The maximum Gasteiger partial charge on any atom is 0.311 e. The number of allylic oxidation sites excluding steroid dienone is 13. The summed E-state index contributed by atoms with van der Waals surface area (Å²) >= 11 is 0. The lowest BCUT2D eigenvalue weighted by molar-refractivity contribution is -0.139. The number of fused-ring (bicyclic) bond motifs is 5. The summed E-state index contributed by atoms with van der Waals surface area (Å²) in [6.07, 6.45) is 22.3. The Morgan fingerprint density at radius 2 is 1.57 bits per heavy atom. The third kappa shape index (κ3) is 8.15. The Bertz CT molecular complexity index is 1990. The topological polar surface area (TPSA) is 133 Å². The van der Waals surface area contributed by atoms with E-state index in [4.69, 9.17) is 19.7 Å². The number of esters is 1. The molecular formula is C45H56N4O5. The van der Waals surface area contributed by atoms with Crippen molar-refractivity contribution in [1.82, 2.24) is 5.32 Å². The van der Waals surface area contributed by atoms with E-state index < -0.39 is 5.97 Å². The van der Waals surface area contributed by atoms with Gasteiger partial charge in [-0.2, -0.15) is 0 Å². The molecule has 286 valence electrons. The predicted octanol–water partition coefficient (Wildman–Crippen LogP) is 10.5. The van der Waals surface area contributed by atoms with Gasteiger partial charge >= 0.3 is 11.9 Å². The molecule has 0 radical (unpaired) electrons. The molecule has 2 atom stereocenters. The number of aliphatic carboxylic acids is 1. The molecule has 0 aromatic carbocycles. The highest BCUT2D eigenvalue weighted by Gasteiger charge is 2.41. The molecule has 0 aromatic rings. The first-order valence-electron chi connectivity index (χ1n) is 20.1. The van der Waals surface area contributed by atoms with E-state index in [-0.39, 0.29) is 30.0 Å². The molecule has 5 aliphatic heterocycles. The smallest absolute Gasteiger partial charge is 0.311 e. The third-order valence-electron chi connectivity index (χ3n) is 11.5. The van der Waals surface area contributed by atoms with Crippen molar-refractivity contribution in [2.24, 2.45) is 26.8 Å². The number of aliphatic hydroxyl groups is 1. The molecule has 1 aliphatic carbocycles. The number of aliphatic imine (C=N–C) groups is 3. The highest BCUT2D eigenvalue weighted by Crippen LogP contribution is 2.46. The van der Waals surface area contributed by atoms with Crippen LogP contribution < -0.4 is 5.32 Å². The number of hydrogen-bond donors (Lipinski definition) is 3. The van der Waals surface area contributed by atoms with Crippen LogP contribution in [-0.4, -0.2) is 39.3 Å². The van der Waals surface area contributed by atoms with E-state index >= 15 is 0 Å². The van der Waals surface area contributed by atoms with Crippen molar-refractivity contribution in [2.75, 3.05) is 0 Å². The molecule has 0 amide bonds. The largest absolute Gasteiger partial charge is 0.511 e. The molecule has 1 fully saturated rings. The Hall–Kier alpha value is -4.79. The van der Waals surface area contributed by atoms with Crippen LogP contribution in [0.25, 0.3) is 0 Å². The van der Waals surface area contributed by atoms with Crippen molar-refractivity contribution < 1.29 is 24.5 Å². The summed E-state index contributed by atoms with van der Waals surface area (Å²) in [5.41, 5.74) is 11.5. The van der Waals surface area contributed by atoms with Gasteiger partial charge < -0.3 is 20.3 Å². The standard InChI is InChI=1S/C45H56N4O5/c1-7-9-10-11-12-13-14-15-16-17-18-19-41(53)54-45-29(6)36-23-34-27(4)31(20-21-40(51)52)43(48-34)32-22-39(50)42-28(5)35(49-44(32)42)24-37-30(8-2)26(3)33(46-37)25-38(45)47-36/h11-12,23-25,27,31,48,50H,7-10,13-22H2,1-6H3,(H,51,52)/b12-11+,34-23?,37-24?,38-25?,43-32?/t27-,31-/m0/s1. The molecule has 5 heterocycles. The summed E-state index contributed by atoms with van der Waals surface area (Å²) in [4.78, 5) is 40.3. The number of nitrogens with zero attached hydrogens (tertiary/aromatic N) is 3. The molecular weight excluding hydrogens is 677 g/mol. The first-order chi connectivity index (χ1) is 26.0. The molecule has 9 nitrogen and oxygen atoms in total. The van der Waals surface area contributed by atoms with E-state index in [0.717, 1.165) is 106 Å². The summed E-state index contributed by atoms with van der Waals surface area (Å²) in [7, 11) is 0. The van der Waals surface area contributed by atoms with Gasteiger partial charge in [0.1, 0.15) is 11.5 Å². The van der Waals surface area contributed by atoms with Crippen molar-refractivity contribution >= 4 is 29.1 Å². The lowest BCUT2D eigenvalue weighted by Gasteiger charge is -2.17. The number of nitrogens with one attached hydrogen (secondary N) is 1. The first kappa shape index (κ1) is 38.9. The molecule has 0 spiro atoms. The minimum atomic E-state index is -0.850. The van der Waals surface area contributed by atoms with E-state index in [2.05, 4.69) is 45.2 Å². The van der Waals surface area contributed by atoms with Crippen LogP contribution in [0.3, 0.4) is 0 Å². The van der Waals surface area contributed by atoms with Crippen molar-refractivity contribution in [1.29, 1.82) is 0 Å². The summed E-state index contributed by atoms with van der Waals surface area (Å²) < 4.78 is 6.15. The summed E-state index contributed by atoms with van der Waals surface area (Å²) in [6, 6.07) is 0. The molecule has 3 N–H and O–H groups in total. The Morgan fingerprint density at radius 3 is 2.31 bits per heavy atom. The predicted molar refractivity (Wildman–Crippen MR) is 216 cm³/mol. The zero-order valence-electron chi connectivity index (χ0n) is 32.9. The van der Waals surface area contributed by atoms with Gasteiger partial charge in [0.25, 0.3) is 0 Å². The van der Waals surface area contributed by atoms with Crippen LogP contribution >= 0.6 is 0 Å². The van der Waals surface area contributed by atoms with Crippen molar-refractivity contribution in [2.45, 2.75) is 131 Å². The fraction of sp³-hybridized carbons (Fsp3) is 0.489. The molecule has 8 bridgehead atoms. The maximum absolute atomic E-state index is 13.3. The Balaban J connectivity index is 1.30. The van der Waals surface area contributed by atoms with Crippen LogP contribution in [0.15, 0.2) is 119 Å². The van der Waals surface area contributed by atoms with Crippen molar-refractivity contribution in [3.05, 3.63) is 104 Å². The van der Waals surface area contributed by atoms with E-state index in [0.29, 0.717) is 36.4 Å². The zero-order chi connectivity index (χ0) is 38.5. The molecule has 54 heavy (non-hydrogen) atoms. The number of hydrogen-bond acceptors (Lipinski definition) is 8. The van der Waals surface area contributed by atoms with Gasteiger partial charge in [0.05, 0.1) is 28.5 Å². The Kier molecular flexibility index (Phi) is 12.3. The molecule has 1 saturated heterocycles. The van der Waals surface area contributed by atoms with Crippen molar-refractivity contribution in [3.63, 3.8) is 0 Å². The van der Waals surface area contributed by atoms with E-state index in [1.165, 1.54) is 25.7 Å². The lowest BCUT2D eigenvalue weighted by Crippen LogP contribution is -2.15. The summed E-state index contributed by atoms with van der Waals surface area (Å²) in [6.45, 7) is 12.4. The number of carboxylic acids is 1. The molecule has 0 unspecified atom stereocenters. The van der Waals surface area contributed by atoms with Crippen LogP contribution in [0.4, 0.5) is 0 Å². The number of carbonyl (C=O) groups excluding carboxylic acids is 1. The lowest BCUT2D eigenvalue weighted by atomic mass is 9.86. The SMILES string of the molecule is CCCC/C=C/CCCCCCCC(=O)OC1=C(C)C2=NC1=CC1=NC(=CC3=C(C)C4=C(O)CC(=C5NC(=C2)[C@@H](C)[C@@H]5CCC(=O)O)C4=N3)C(CC)=C1C. The second kappa shape index (κ2) is 17.1. The van der Waals surface area contributed by atoms with Gasteiger partial charge in [-0.05, 0) is 94.2 Å². The van der Waals surface area contributed by atoms with Crippen LogP contribution in [0.2, 0.25) is 0 Å². The van der Waals surface area contributed by atoms with Crippen LogP contribution in [-0.2, 0) is 14.3 Å².